The van der Waals surface area contributed by atoms with E-state index in [9.17, 15) is 9.59 Å². The number of aromatic nitrogens is 1. The number of benzene rings is 3. The summed E-state index contributed by atoms with van der Waals surface area (Å²) in [7, 11) is 0. The van der Waals surface area contributed by atoms with Crippen LogP contribution in [0.3, 0.4) is 0 Å². The molecule has 7 nitrogen and oxygen atoms in total. The molecule has 0 saturated carbocycles. The van der Waals surface area contributed by atoms with Crippen molar-refractivity contribution in [2.45, 2.75) is 46.5 Å². The van der Waals surface area contributed by atoms with Crippen molar-refractivity contribution in [2.75, 3.05) is 13.4 Å². The van der Waals surface area contributed by atoms with Crippen LogP contribution in [0.25, 0.3) is 33.3 Å². The van der Waals surface area contributed by atoms with E-state index in [1.807, 2.05) is 54.6 Å². The van der Waals surface area contributed by atoms with Gasteiger partial charge in [-0.15, -0.1) is 0 Å². The molecule has 188 valence electrons. The number of unbranched alkanes of at least 4 members (excludes halogenated alkanes) is 2. The van der Waals surface area contributed by atoms with E-state index >= 15 is 0 Å². The monoisotopic (exact) mass is 489 g/mol. The van der Waals surface area contributed by atoms with Crippen molar-refractivity contribution in [1.82, 2.24) is 4.98 Å². The van der Waals surface area contributed by atoms with Crippen molar-refractivity contribution in [3.05, 3.63) is 60.7 Å². The van der Waals surface area contributed by atoms with Gasteiger partial charge in [0.1, 0.15) is 11.3 Å². The Bertz CT molecular complexity index is 1320. The molecule has 0 atom stereocenters. The van der Waals surface area contributed by atoms with Crippen LogP contribution >= 0.6 is 0 Å². The molecule has 0 saturated heterocycles. The van der Waals surface area contributed by atoms with Crippen LogP contribution in [-0.4, -0.2) is 30.3 Å². The molecule has 0 fully saturated rings. The Morgan fingerprint density at radius 2 is 1.67 bits per heavy atom. The number of hydrogen-bond acceptors (Lipinski definition) is 7. The first-order valence-electron chi connectivity index (χ1n) is 12.1. The third-order valence-corrected chi connectivity index (χ3v) is 5.67. The van der Waals surface area contributed by atoms with Gasteiger partial charge < -0.3 is 18.6 Å². The fourth-order valence-corrected chi connectivity index (χ4v) is 3.62. The van der Waals surface area contributed by atoms with E-state index in [2.05, 4.69) is 11.1 Å². The standard InChI is InChI=1S/C29H31NO6/c1-29(2,3)28(32)35-19-34-26(31)11-5-4-8-16-33-23-15-14-20-17-22(13-12-21(20)18-23)27-30-24-9-6-7-10-25(24)36-27/h6-7,9-10,12-15,17-18H,4-5,8,11,16,19H2,1-3H3. The number of nitrogens with zero attached hydrogens (tertiary/aromatic N) is 1. The number of esters is 2. The van der Waals surface area contributed by atoms with E-state index in [1.165, 1.54) is 0 Å². The number of carbonyl (C=O) groups excluding carboxylic acids is 2. The molecule has 0 unspecified atom stereocenters. The molecule has 0 spiro atoms. The number of rotatable bonds is 10. The van der Waals surface area contributed by atoms with Gasteiger partial charge in [-0.2, -0.15) is 0 Å². The van der Waals surface area contributed by atoms with Gasteiger partial charge in [-0.25, -0.2) is 4.98 Å². The molecule has 0 N–H and O–H groups in total. The Morgan fingerprint density at radius 1 is 0.889 bits per heavy atom. The molecule has 36 heavy (non-hydrogen) atoms. The summed E-state index contributed by atoms with van der Waals surface area (Å²) in [5.41, 5.74) is 1.93. The molecule has 0 radical (unpaired) electrons. The second kappa shape index (κ2) is 11.2. The van der Waals surface area contributed by atoms with Crippen molar-refractivity contribution in [3.63, 3.8) is 0 Å². The Morgan fingerprint density at radius 3 is 2.47 bits per heavy atom. The van der Waals surface area contributed by atoms with Crippen molar-refractivity contribution < 1.29 is 28.2 Å². The number of fused-ring (bicyclic) bond motifs is 2. The Balaban J connectivity index is 1.18. The summed E-state index contributed by atoms with van der Waals surface area (Å²) in [6.45, 7) is 5.46. The summed E-state index contributed by atoms with van der Waals surface area (Å²) < 4.78 is 21.7. The maximum atomic E-state index is 11.8. The van der Waals surface area contributed by atoms with Gasteiger partial charge in [0, 0.05) is 12.0 Å². The van der Waals surface area contributed by atoms with Gasteiger partial charge in [-0.1, -0.05) is 24.3 Å². The minimum absolute atomic E-state index is 0.283. The Labute approximate surface area is 210 Å². The van der Waals surface area contributed by atoms with Crippen LogP contribution in [0.5, 0.6) is 5.75 Å². The first-order valence-corrected chi connectivity index (χ1v) is 12.1. The van der Waals surface area contributed by atoms with E-state index in [0.29, 0.717) is 18.9 Å². The smallest absolute Gasteiger partial charge is 0.314 e. The van der Waals surface area contributed by atoms with Gasteiger partial charge in [0.25, 0.3) is 0 Å². The van der Waals surface area contributed by atoms with Gasteiger partial charge >= 0.3 is 11.9 Å². The summed E-state index contributed by atoms with van der Waals surface area (Å²) in [6, 6.07) is 19.8. The minimum atomic E-state index is -0.618. The second-order valence-corrected chi connectivity index (χ2v) is 9.69. The molecule has 0 aliphatic carbocycles. The summed E-state index contributed by atoms with van der Waals surface area (Å²) in [6.07, 6.45) is 2.62. The topological polar surface area (TPSA) is 87.9 Å². The molecule has 4 rings (SSSR count). The molecule has 0 amide bonds. The third kappa shape index (κ3) is 6.62. The second-order valence-electron chi connectivity index (χ2n) is 9.69. The molecular weight excluding hydrogens is 458 g/mol. The zero-order chi connectivity index (χ0) is 25.5. The zero-order valence-corrected chi connectivity index (χ0v) is 20.9. The quantitative estimate of drug-likeness (QED) is 0.139. The van der Waals surface area contributed by atoms with Crippen LogP contribution in [-0.2, 0) is 19.1 Å². The average Bonchev–Trinajstić information content (AvgIpc) is 3.29. The van der Waals surface area contributed by atoms with Gasteiger partial charge in [0.15, 0.2) is 5.58 Å². The molecule has 1 heterocycles. The number of hydrogen-bond donors (Lipinski definition) is 0. The highest BCUT2D eigenvalue weighted by atomic mass is 16.7. The van der Waals surface area contributed by atoms with E-state index in [0.717, 1.165) is 46.0 Å². The van der Waals surface area contributed by atoms with Gasteiger partial charge in [0.05, 0.1) is 12.0 Å². The lowest BCUT2D eigenvalue weighted by molar-refractivity contribution is -0.173. The maximum Gasteiger partial charge on any atom is 0.314 e. The molecule has 4 aromatic rings. The highest BCUT2D eigenvalue weighted by Crippen LogP contribution is 2.29. The highest BCUT2D eigenvalue weighted by Gasteiger charge is 2.23. The lowest BCUT2D eigenvalue weighted by Gasteiger charge is -2.16. The number of para-hydroxylation sites is 2. The van der Waals surface area contributed by atoms with E-state index in [4.69, 9.17) is 18.6 Å². The molecule has 1 aromatic heterocycles. The fourth-order valence-electron chi connectivity index (χ4n) is 3.62. The molecule has 0 bridgehead atoms. The van der Waals surface area contributed by atoms with Crippen molar-refractivity contribution in [2.24, 2.45) is 5.41 Å². The number of oxazole rings is 1. The van der Waals surface area contributed by atoms with Crippen LogP contribution < -0.4 is 4.74 Å². The zero-order valence-electron chi connectivity index (χ0n) is 20.9. The lowest BCUT2D eigenvalue weighted by Crippen LogP contribution is -2.24. The minimum Gasteiger partial charge on any atom is -0.494 e. The van der Waals surface area contributed by atoms with E-state index in [1.54, 1.807) is 20.8 Å². The molecule has 7 heteroatoms. The summed E-state index contributed by atoms with van der Waals surface area (Å²) in [5, 5.41) is 2.15. The Kier molecular flexibility index (Phi) is 7.88. The van der Waals surface area contributed by atoms with Crippen molar-refractivity contribution in [3.8, 4) is 17.2 Å². The predicted molar refractivity (Wildman–Crippen MR) is 137 cm³/mol. The summed E-state index contributed by atoms with van der Waals surface area (Å²) in [5.74, 6) is 0.639. The first-order chi connectivity index (χ1) is 17.3. The Hall–Kier alpha value is -3.87. The van der Waals surface area contributed by atoms with Crippen molar-refractivity contribution in [1.29, 1.82) is 0 Å². The maximum absolute atomic E-state index is 11.8. The SMILES string of the molecule is CC(C)(C)C(=O)OCOC(=O)CCCCCOc1ccc2cc(-c3nc4ccccc4o3)ccc2c1. The van der Waals surface area contributed by atoms with Gasteiger partial charge in [0.2, 0.25) is 12.7 Å². The van der Waals surface area contributed by atoms with Crippen LogP contribution in [0.15, 0.2) is 65.1 Å². The third-order valence-electron chi connectivity index (χ3n) is 5.67. The highest BCUT2D eigenvalue weighted by molar-refractivity contribution is 5.88. The fraction of sp³-hybridized carbons (Fsp3) is 0.345. The molecule has 0 aliphatic heterocycles. The van der Waals surface area contributed by atoms with Gasteiger partial charge in [-0.3, -0.25) is 9.59 Å². The van der Waals surface area contributed by atoms with E-state index < -0.39 is 11.4 Å². The summed E-state index contributed by atoms with van der Waals surface area (Å²) in [4.78, 5) is 28.0. The van der Waals surface area contributed by atoms with Crippen LogP contribution in [0.4, 0.5) is 0 Å². The van der Waals surface area contributed by atoms with E-state index in [-0.39, 0.29) is 19.2 Å². The first kappa shape index (κ1) is 25.2. The van der Waals surface area contributed by atoms with Crippen molar-refractivity contribution >= 4 is 33.8 Å². The lowest BCUT2D eigenvalue weighted by atomic mass is 9.98. The summed E-state index contributed by atoms with van der Waals surface area (Å²) >= 11 is 0. The molecular formula is C29H31NO6. The predicted octanol–water partition coefficient (Wildman–Crippen LogP) is 6.68. The number of carbonyl (C=O) groups is 2. The van der Waals surface area contributed by atoms with Gasteiger partial charge in [-0.05, 0) is 87.2 Å². The largest absolute Gasteiger partial charge is 0.494 e. The van der Waals surface area contributed by atoms with Crippen LogP contribution in [0, 0.1) is 5.41 Å². The molecule has 3 aromatic carbocycles. The van der Waals surface area contributed by atoms with Crippen LogP contribution in [0.2, 0.25) is 0 Å². The normalized spacial score (nSPS) is 11.5. The molecule has 0 aliphatic rings. The van der Waals surface area contributed by atoms with Crippen LogP contribution in [0.1, 0.15) is 46.5 Å². The average molecular weight is 490 g/mol. The number of ether oxygens (including phenoxy) is 3.